The normalized spacial score (nSPS) is 22.9. The molecule has 2 aliphatic heterocycles. The maximum absolute atomic E-state index is 12.8. The second-order valence-corrected chi connectivity index (χ2v) is 8.93. The molecule has 2 aliphatic rings. The van der Waals surface area contributed by atoms with E-state index in [1.54, 1.807) is 12.1 Å². The van der Waals surface area contributed by atoms with E-state index >= 15 is 0 Å². The number of nitrogens with zero attached hydrogens (tertiary/aromatic N) is 2. The van der Waals surface area contributed by atoms with Crippen LogP contribution in [-0.2, 0) is 26.3 Å². The van der Waals surface area contributed by atoms with Crippen molar-refractivity contribution in [2.24, 2.45) is 5.92 Å². The van der Waals surface area contributed by atoms with E-state index in [1.165, 1.54) is 8.61 Å². The molecule has 0 spiro atoms. The van der Waals surface area contributed by atoms with E-state index in [0.29, 0.717) is 57.3 Å². The van der Waals surface area contributed by atoms with Gasteiger partial charge in [0.1, 0.15) is 0 Å². The van der Waals surface area contributed by atoms with Gasteiger partial charge in [-0.25, -0.2) is 0 Å². The Bertz CT molecular complexity index is 720. The summed E-state index contributed by atoms with van der Waals surface area (Å²) in [7, 11) is -3.53. The van der Waals surface area contributed by atoms with Crippen molar-refractivity contribution in [1.82, 2.24) is 13.9 Å². The zero-order valence-electron chi connectivity index (χ0n) is 14.6. The molecule has 0 saturated carbocycles. The highest BCUT2D eigenvalue weighted by Gasteiger charge is 2.36. The molecule has 1 aromatic carbocycles. The van der Waals surface area contributed by atoms with E-state index < -0.39 is 10.2 Å². The molecule has 144 valence electrons. The van der Waals surface area contributed by atoms with Crippen molar-refractivity contribution in [1.29, 1.82) is 0 Å². The maximum Gasteiger partial charge on any atom is 0.282 e. The fourth-order valence-corrected chi connectivity index (χ4v) is 5.03. The summed E-state index contributed by atoms with van der Waals surface area (Å²) in [5.74, 6) is -0.436. The number of amides is 1. The second-order valence-electron chi connectivity index (χ2n) is 6.56. The van der Waals surface area contributed by atoms with Crippen molar-refractivity contribution < 1.29 is 17.9 Å². The Labute approximate surface area is 159 Å². The van der Waals surface area contributed by atoms with Gasteiger partial charge >= 0.3 is 0 Å². The van der Waals surface area contributed by atoms with Crippen molar-refractivity contribution in [2.45, 2.75) is 19.4 Å². The van der Waals surface area contributed by atoms with Gasteiger partial charge in [-0.3, -0.25) is 4.79 Å². The topological polar surface area (TPSA) is 79.0 Å². The molecule has 2 heterocycles. The van der Waals surface area contributed by atoms with Crippen LogP contribution in [0.2, 0.25) is 5.02 Å². The zero-order chi connectivity index (χ0) is 18.6. The minimum atomic E-state index is -3.53. The molecule has 0 radical (unpaired) electrons. The molecule has 0 unspecified atom stereocenters. The van der Waals surface area contributed by atoms with Crippen LogP contribution in [0.3, 0.4) is 0 Å². The van der Waals surface area contributed by atoms with Crippen LogP contribution in [0.5, 0.6) is 0 Å². The van der Waals surface area contributed by atoms with Crippen molar-refractivity contribution >= 4 is 27.7 Å². The second kappa shape index (κ2) is 8.67. The molecule has 0 aliphatic carbocycles. The number of nitrogens with one attached hydrogen (secondary N) is 1. The van der Waals surface area contributed by atoms with Gasteiger partial charge in [-0.05, 0) is 30.5 Å². The van der Waals surface area contributed by atoms with E-state index in [4.69, 9.17) is 16.3 Å². The molecule has 2 saturated heterocycles. The number of halogens is 1. The minimum absolute atomic E-state index is 0.109. The van der Waals surface area contributed by atoms with E-state index in [2.05, 4.69) is 5.32 Å². The van der Waals surface area contributed by atoms with Gasteiger partial charge in [0, 0.05) is 37.7 Å². The highest BCUT2D eigenvalue weighted by molar-refractivity contribution is 7.86. The van der Waals surface area contributed by atoms with Gasteiger partial charge < -0.3 is 10.1 Å². The van der Waals surface area contributed by atoms with Crippen LogP contribution in [-0.4, -0.2) is 62.3 Å². The molecular weight excluding hydrogens is 378 g/mol. The van der Waals surface area contributed by atoms with Crippen molar-refractivity contribution in [2.75, 3.05) is 39.4 Å². The molecule has 2 fully saturated rings. The summed E-state index contributed by atoms with van der Waals surface area (Å²) < 4.78 is 33.7. The number of carbonyl (C=O) groups is 1. The molecule has 26 heavy (non-hydrogen) atoms. The average Bonchev–Trinajstić information content (AvgIpc) is 2.68. The standard InChI is InChI=1S/C17H24ClN3O4S/c18-16-5-3-14(4-6-16)12-19-17(22)15-2-1-7-21(13-15)26(23,24)20-8-10-25-11-9-20/h3-6,15H,1-2,7-13H2,(H,19,22)/t15-/m1/s1. The zero-order valence-corrected chi connectivity index (χ0v) is 16.1. The average molecular weight is 402 g/mol. The lowest BCUT2D eigenvalue weighted by molar-refractivity contribution is -0.126. The summed E-state index contributed by atoms with van der Waals surface area (Å²) in [6.45, 7) is 2.66. The molecule has 1 amide bonds. The summed E-state index contributed by atoms with van der Waals surface area (Å²) in [5.41, 5.74) is 0.955. The molecule has 0 aromatic heterocycles. The molecule has 0 bridgehead atoms. The number of ether oxygens (including phenoxy) is 1. The molecule has 1 aromatic rings. The quantitative estimate of drug-likeness (QED) is 0.805. The first kappa shape index (κ1) is 19.6. The largest absolute Gasteiger partial charge is 0.379 e. The maximum atomic E-state index is 12.8. The summed E-state index contributed by atoms with van der Waals surface area (Å²) in [5, 5.41) is 3.55. The van der Waals surface area contributed by atoms with E-state index in [9.17, 15) is 13.2 Å². The lowest BCUT2D eigenvalue weighted by Crippen LogP contribution is -2.52. The van der Waals surface area contributed by atoms with Crippen LogP contribution in [0.4, 0.5) is 0 Å². The highest BCUT2D eigenvalue weighted by atomic mass is 35.5. The Hall–Kier alpha value is -1.19. The van der Waals surface area contributed by atoms with Crippen LogP contribution in [0.15, 0.2) is 24.3 Å². The summed E-state index contributed by atoms with van der Waals surface area (Å²) in [4.78, 5) is 12.5. The first-order valence-corrected chi connectivity index (χ1v) is 10.6. The number of morpholine rings is 1. The number of hydrogen-bond acceptors (Lipinski definition) is 4. The fourth-order valence-electron chi connectivity index (χ4n) is 3.24. The third-order valence-electron chi connectivity index (χ3n) is 4.76. The Morgan fingerprint density at radius 3 is 2.54 bits per heavy atom. The van der Waals surface area contributed by atoms with E-state index in [0.717, 1.165) is 5.56 Å². The van der Waals surface area contributed by atoms with Crippen LogP contribution in [0.25, 0.3) is 0 Å². The lowest BCUT2D eigenvalue weighted by Gasteiger charge is -2.36. The number of benzene rings is 1. The van der Waals surface area contributed by atoms with E-state index in [-0.39, 0.29) is 18.4 Å². The van der Waals surface area contributed by atoms with E-state index in [1.807, 2.05) is 12.1 Å². The number of rotatable bonds is 5. The van der Waals surface area contributed by atoms with Gasteiger partial charge in [-0.1, -0.05) is 23.7 Å². The first-order chi connectivity index (χ1) is 12.5. The van der Waals surface area contributed by atoms with Crippen LogP contribution < -0.4 is 5.32 Å². The third-order valence-corrected chi connectivity index (χ3v) is 7.01. The van der Waals surface area contributed by atoms with Gasteiger partial charge in [0.05, 0.1) is 19.1 Å². The monoisotopic (exact) mass is 401 g/mol. The summed E-state index contributed by atoms with van der Waals surface area (Å²) in [6, 6.07) is 7.28. The van der Waals surface area contributed by atoms with Gasteiger partial charge in [0.25, 0.3) is 10.2 Å². The molecular formula is C17H24ClN3O4S. The Morgan fingerprint density at radius 2 is 1.85 bits per heavy atom. The number of piperidine rings is 1. The van der Waals surface area contributed by atoms with Crippen molar-refractivity contribution in [3.63, 3.8) is 0 Å². The van der Waals surface area contributed by atoms with Gasteiger partial charge in [0.15, 0.2) is 0 Å². The van der Waals surface area contributed by atoms with Crippen LogP contribution in [0.1, 0.15) is 18.4 Å². The third kappa shape index (κ3) is 4.75. The summed E-state index contributed by atoms with van der Waals surface area (Å²) >= 11 is 5.86. The predicted molar refractivity (Wildman–Crippen MR) is 98.9 cm³/mol. The minimum Gasteiger partial charge on any atom is -0.379 e. The predicted octanol–water partition coefficient (Wildman–Crippen LogP) is 1.25. The number of carbonyl (C=O) groups excluding carboxylic acids is 1. The first-order valence-electron chi connectivity index (χ1n) is 8.82. The van der Waals surface area contributed by atoms with Gasteiger partial charge in [-0.15, -0.1) is 0 Å². The SMILES string of the molecule is O=C(NCc1ccc(Cl)cc1)[C@@H]1CCCN(S(=O)(=O)N2CCOCC2)C1. The molecule has 3 rings (SSSR count). The molecule has 7 nitrogen and oxygen atoms in total. The highest BCUT2D eigenvalue weighted by Crippen LogP contribution is 2.22. The Morgan fingerprint density at radius 1 is 1.15 bits per heavy atom. The van der Waals surface area contributed by atoms with Crippen LogP contribution in [0, 0.1) is 5.92 Å². The van der Waals surface area contributed by atoms with Crippen LogP contribution >= 0.6 is 11.6 Å². The lowest BCUT2D eigenvalue weighted by atomic mass is 9.99. The van der Waals surface area contributed by atoms with Gasteiger partial charge in [-0.2, -0.15) is 17.0 Å². The van der Waals surface area contributed by atoms with Gasteiger partial charge in [0.2, 0.25) is 5.91 Å². The molecule has 1 atom stereocenters. The smallest absolute Gasteiger partial charge is 0.282 e. The number of hydrogen-bond donors (Lipinski definition) is 1. The fraction of sp³-hybridized carbons (Fsp3) is 0.588. The molecule has 9 heteroatoms. The van der Waals surface area contributed by atoms with Crippen molar-refractivity contribution in [3.05, 3.63) is 34.9 Å². The van der Waals surface area contributed by atoms with Crippen molar-refractivity contribution in [3.8, 4) is 0 Å². The Kier molecular flexibility index (Phi) is 6.52. The molecule has 1 N–H and O–H groups in total. The summed E-state index contributed by atoms with van der Waals surface area (Å²) in [6.07, 6.45) is 1.38. The Balaban J connectivity index is 1.56.